The molecule has 3 heterocycles. The first-order valence-electron chi connectivity index (χ1n) is 13.2. The van der Waals surface area contributed by atoms with Crippen LogP contribution in [0.2, 0.25) is 0 Å². The van der Waals surface area contributed by atoms with Crippen LogP contribution in [-0.2, 0) is 40.4 Å². The number of pyridine rings is 1. The number of hydrogen-bond donors (Lipinski definition) is 1. The maximum absolute atomic E-state index is 14.1. The van der Waals surface area contributed by atoms with Crippen molar-refractivity contribution in [3.05, 3.63) is 52.8 Å². The van der Waals surface area contributed by atoms with Gasteiger partial charge < -0.3 is 15.0 Å². The van der Waals surface area contributed by atoms with Crippen LogP contribution >= 0.6 is 0 Å². The Morgan fingerprint density at radius 2 is 1.82 bits per heavy atom. The zero-order chi connectivity index (χ0) is 28.7. The average Bonchev–Trinajstić information content (AvgIpc) is 3.36. The average molecular weight is 593 g/mol. The second-order valence-corrected chi connectivity index (χ2v) is 12.4. The number of anilines is 2. The molecule has 0 radical (unpaired) electrons. The van der Waals surface area contributed by atoms with Crippen molar-refractivity contribution in [1.82, 2.24) is 9.29 Å². The molecule has 5 rings (SSSR count). The molecule has 1 aromatic heterocycles. The molecule has 0 amide bonds. The van der Waals surface area contributed by atoms with Gasteiger partial charge >= 0.3 is 21.7 Å². The molecule has 1 atom stereocenters. The molecule has 220 valence electrons. The van der Waals surface area contributed by atoms with Gasteiger partial charge in [-0.1, -0.05) is 18.9 Å². The van der Waals surface area contributed by atoms with Gasteiger partial charge in [-0.15, -0.1) is 0 Å². The fourth-order valence-electron chi connectivity index (χ4n) is 5.69. The van der Waals surface area contributed by atoms with Gasteiger partial charge in [-0.25, -0.2) is 8.42 Å². The summed E-state index contributed by atoms with van der Waals surface area (Å²) < 4.78 is 115. The topological polar surface area (TPSA) is 74.8 Å². The number of nitrogens with zero attached hydrogens (tertiary/aromatic N) is 3. The number of fused-ring (bicyclic) bond motifs is 2. The molecule has 0 bridgehead atoms. The maximum atomic E-state index is 14.1. The molecule has 1 aromatic carbocycles. The lowest BCUT2D eigenvalue weighted by Crippen LogP contribution is -2.49. The van der Waals surface area contributed by atoms with Crippen molar-refractivity contribution in [1.29, 1.82) is 0 Å². The van der Waals surface area contributed by atoms with E-state index in [1.54, 1.807) is 12.3 Å². The Bertz CT molecular complexity index is 1330. The van der Waals surface area contributed by atoms with Crippen molar-refractivity contribution in [2.45, 2.75) is 75.4 Å². The summed E-state index contributed by atoms with van der Waals surface area (Å²) in [6, 6.07) is 4.10. The van der Waals surface area contributed by atoms with Gasteiger partial charge in [-0.2, -0.15) is 30.6 Å². The van der Waals surface area contributed by atoms with E-state index in [0.717, 1.165) is 62.4 Å². The van der Waals surface area contributed by atoms with E-state index in [1.807, 2.05) is 0 Å². The molecular formula is C26H30F6N4O3S. The van der Waals surface area contributed by atoms with E-state index in [9.17, 15) is 34.8 Å². The third-order valence-corrected chi connectivity index (χ3v) is 9.27. The molecule has 3 aliphatic rings. The minimum absolute atomic E-state index is 0.00204. The number of benzene rings is 1. The van der Waals surface area contributed by atoms with Crippen LogP contribution in [0.15, 0.2) is 30.5 Å². The van der Waals surface area contributed by atoms with Crippen LogP contribution in [0.3, 0.4) is 0 Å². The third kappa shape index (κ3) is 5.89. The number of nitrogens with one attached hydrogen (secondary N) is 1. The number of aryl methyl sites for hydroxylation is 1. The summed E-state index contributed by atoms with van der Waals surface area (Å²) in [5, 5.41) is 3.27. The molecule has 1 fully saturated rings. The van der Waals surface area contributed by atoms with Crippen LogP contribution in [0, 0.1) is 0 Å². The summed E-state index contributed by atoms with van der Waals surface area (Å²) in [5.74, 6) is 0. The quantitative estimate of drug-likeness (QED) is 0.450. The Morgan fingerprint density at radius 3 is 2.52 bits per heavy atom. The van der Waals surface area contributed by atoms with Crippen LogP contribution in [-0.4, -0.2) is 55.1 Å². The number of aromatic nitrogens is 1. The number of ether oxygens (including phenoxy) is 1. The lowest BCUT2D eigenvalue weighted by atomic mass is 10.0. The summed E-state index contributed by atoms with van der Waals surface area (Å²) in [7, 11) is -5.95. The van der Waals surface area contributed by atoms with Crippen LogP contribution in [0.1, 0.15) is 54.5 Å². The molecule has 2 aromatic rings. The lowest BCUT2D eigenvalue weighted by Gasteiger charge is -2.35. The van der Waals surface area contributed by atoms with Gasteiger partial charge in [-0.05, 0) is 49.4 Å². The number of rotatable bonds is 6. The number of sulfonamides is 1. The van der Waals surface area contributed by atoms with Crippen LogP contribution in [0.5, 0.6) is 0 Å². The number of hydrogen-bond acceptors (Lipinski definition) is 6. The smallest absolute Gasteiger partial charge is 0.385 e. The highest BCUT2D eigenvalue weighted by Crippen LogP contribution is 2.41. The van der Waals surface area contributed by atoms with Crippen LogP contribution < -0.4 is 10.2 Å². The standard InChI is InChI=1S/C26H30F6N4O3S/c27-25(28,29)22-8-3-9-24-21(22)15-35(40(37,38)26(30,31)32)14-19(16-39-20-6-1-2-7-20)36(24)13-18-11-23-17(12-34-18)5-4-10-33-23/h3,8-9,11-12,19-20,33H,1-2,4-7,10,13-16H2. The Morgan fingerprint density at radius 1 is 1.07 bits per heavy atom. The molecule has 14 heteroatoms. The first-order chi connectivity index (χ1) is 18.8. The first-order valence-corrected chi connectivity index (χ1v) is 14.6. The summed E-state index contributed by atoms with van der Waals surface area (Å²) in [4.78, 5) is 6.00. The second kappa shape index (κ2) is 11.0. The van der Waals surface area contributed by atoms with E-state index < -0.39 is 52.0 Å². The van der Waals surface area contributed by atoms with E-state index in [2.05, 4.69) is 10.3 Å². The highest BCUT2D eigenvalue weighted by molar-refractivity contribution is 7.89. The summed E-state index contributed by atoms with van der Waals surface area (Å²) in [6.45, 7) is -1.25. The summed E-state index contributed by atoms with van der Waals surface area (Å²) >= 11 is 0. The lowest BCUT2D eigenvalue weighted by molar-refractivity contribution is -0.138. The molecule has 0 spiro atoms. The molecular weight excluding hydrogens is 562 g/mol. The SMILES string of the molecule is O=S(=O)(N1Cc2c(cccc2C(F)(F)F)N(Cc2cc3c(cn2)CCCN3)C(COC2CCCC2)C1)C(F)(F)F. The van der Waals surface area contributed by atoms with Crippen molar-refractivity contribution in [2.24, 2.45) is 0 Å². The van der Waals surface area contributed by atoms with Crippen molar-refractivity contribution < 1.29 is 39.5 Å². The highest BCUT2D eigenvalue weighted by Gasteiger charge is 2.52. The molecule has 40 heavy (non-hydrogen) atoms. The van der Waals surface area contributed by atoms with Gasteiger partial charge in [-0.3, -0.25) is 4.98 Å². The van der Waals surface area contributed by atoms with E-state index in [-0.39, 0.29) is 29.2 Å². The largest absolute Gasteiger partial charge is 0.511 e. The minimum Gasteiger partial charge on any atom is -0.385 e. The Hall–Kier alpha value is -2.58. The van der Waals surface area contributed by atoms with Gasteiger partial charge in [0.1, 0.15) is 0 Å². The van der Waals surface area contributed by atoms with E-state index in [1.165, 1.54) is 17.0 Å². The monoisotopic (exact) mass is 592 g/mol. The van der Waals surface area contributed by atoms with E-state index in [0.29, 0.717) is 5.69 Å². The summed E-state index contributed by atoms with van der Waals surface area (Å²) in [5.41, 5.74) is -5.09. The number of alkyl halides is 6. The van der Waals surface area contributed by atoms with Gasteiger partial charge in [0.15, 0.2) is 0 Å². The molecule has 2 aliphatic heterocycles. The molecule has 7 nitrogen and oxygen atoms in total. The Labute approximate surface area is 228 Å². The Kier molecular flexibility index (Phi) is 7.96. The summed E-state index contributed by atoms with van der Waals surface area (Å²) in [6.07, 6.45) is 1.73. The molecule has 1 N–H and O–H groups in total. The molecule has 1 aliphatic carbocycles. The van der Waals surface area contributed by atoms with Crippen LogP contribution in [0.4, 0.5) is 37.7 Å². The van der Waals surface area contributed by atoms with Crippen molar-refractivity contribution in [3.63, 3.8) is 0 Å². The van der Waals surface area contributed by atoms with Gasteiger partial charge in [0.25, 0.3) is 0 Å². The zero-order valence-corrected chi connectivity index (χ0v) is 22.4. The predicted octanol–water partition coefficient (Wildman–Crippen LogP) is 5.46. The van der Waals surface area contributed by atoms with Gasteiger partial charge in [0, 0.05) is 42.8 Å². The van der Waals surface area contributed by atoms with Crippen molar-refractivity contribution >= 4 is 21.4 Å². The number of halogens is 6. The molecule has 0 saturated heterocycles. The third-order valence-electron chi connectivity index (χ3n) is 7.73. The van der Waals surface area contributed by atoms with Crippen molar-refractivity contribution in [3.8, 4) is 0 Å². The van der Waals surface area contributed by atoms with E-state index in [4.69, 9.17) is 4.74 Å². The first kappa shape index (κ1) is 28.9. The predicted molar refractivity (Wildman–Crippen MR) is 136 cm³/mol. The molecule has 1 unspecified atom stereocenters. The zero-order valence-electron chi connectivity index (χ0n) is 21.6. The fraction of sp³-hybridized carbons (Fsp3) is 0.577. The Balaban J connectivity index is 1.60. The normalized spacial score (nSPS) is 21.1. The minimum atomic E-state index is -5.95. The highest BCUT2D eigenvalue weighted by atomic mass is 32.2. The second-order valence-electron chi connectivity index (χ2n) is 10.4. The van der Waals surface area contributed by atoms with Gasteiger partial charge in [0.2, 0.25) is 0 Å². The van der Waals surface area contributed by atoms with Crippen LogP contribution in [0.25, 0.3) is 0 Å². The van der Waals surface area contributed by atoms with Crippen molar-refractivity contribution in [2.75, 3.05) is 29.9 Å². The fourth-order valence-corrected chi connectivity index (χ4v) is 6.65. The van der Waals surface area contributed by atoms with Gasteiger partial charge in [0.05, 0.1) is 36.6 Å². The molecule has 1 saturated carbocycles. The maximum Gasteiger partial charge on any atom is 0.511 e. The van der Waals surface area contributed by atoms with E-state index >= 15 is 0 Å².